The van der Waals surface area contributed by atoms with E-state index in [0.29, 0.717) is 11.6 Å². The molecule has 0 N–H and O–H groups in total. The highest BCUT2D eigenvalue weighted by molar-refractivity contribution is 6.31. The number of hydrogen-bond donors (Lipinski definition) is 0. The Kier molecular flexibility index (Phi) is 4.69. The SMILES string of the molecule is COc1cc(F)cc(F)c1C=NCc1ccccc1Cl. The van der Waals surface area contributed by atoms with Gasteiger partial charge in [-0.05, 0) is 11.6 Å². The van der Waals surface area contributed by atoms with Crippen LogP contribution < -0.4 is 4.74 Å². The van der Waals surface area contributed by atoms with Crippen molar-refractivity contribution in [1.82, 2.24) is 0 Å². The molecule has 2 rings (SSSR count). The second-order valence-corrected chi connectivity index (χ2v) is 4.47. The first-order chi connectivity index (χ1) is 9.61. The van der Waals surface area contributed by atoms with Crippen molar-refractivity contribution in [2.24, 2.45) is 4.99 Å². The molecular formula is C15H12ClF2NO. The quantitative estimate of drug-likeness (QED) is 0.773. The van der Waals surface area contributed by atoms with Gasteiger partial charge in [0.2, 0.25) is 0 Å². The Labute approximate surface area is 120 Å². The maximum Gasteiger partial charge on any atom is 0.138 e. The van der Waals surface area contributed by atoms with Gasteiger partial charge in [-0.2, -0.15) is 0 Å². The number of benzene rings is 2. The van der Waals surface area contributed by atoms with Crippen LogP contribution in [0.2, 0.25) is 5.02 Å². The van der Waals surface area contributed by atoms with Gasteiger partial charge in [0.1, 0.15) is 17.4 Å². The normalized spacial score (nSPS) is 11.0. The highest BCUT2D eigenvalue weighted by Gasteiger charge is 2.09. The zero-order chi connectivity index (χ0) is 14.5. The lowest BCUT2D eigenvalue weighted by Crippen LogP contribution is -1.97. The average molecular weight is 296 g/mol. The largest absolute Gasteiger partial charge is 0.496 e. The Balaban J connectivity index is 2.22. The van der Waals surface area contributed by atoms with Crippen LogP contribution in [0.5, 0.6) is 5.75 Å². The van der Waals surface area contributed by atoms with Crippen molar-refractivity contribution >= 4 is 17.8 Å². The highest BCUT2D eigenvalue weighted by Crippen LogP contribution is 2.22. The Hall–Kier alpha value is -1.94. The molecule has 0 amide bonds. The summed E-state index contributed by atoms with van der Waals surface area (Å²) >= 11 is 5.99. The Bertz CT molecular complexity index is 644. The van der Waals surface area contributed by atoms with Crippen molar-refractivity contribution in [3.8, 4) is 5.75 Å². The molecule has 0 radical (unpaired) electrons. The van der Waals surface area contributed by atoms with Crippen molar-refractivity contribution in [1.29, 1.82) is 0 Å². The summed E-state index contributed by atoms with van der Waals surface area (Å²) in [6, 6.07) is 9.15. The third-order valence-corrected chi connectivity index (χ3v) is 3.08. The molecule has 0 aromatic heterocycles. The molecule has 0 fully saturated rings. The van der Waals surface area contributed by atoms with Crippen LogP contribution in [-0.2, 0) is 6.54 Å². The van der Waals surface area contributed by atoms with Gasteiger partial charge in [-0.15, -0.1) is 0 Å². The van der Waals surface area contributed by atoms with Crippen molar-refractivity contribution in [2.75, 3.05) is 7.11 Å². The molecule has 0 spiro atoms. The summed E-state index contributed by atoms with van der Waals surface area (Å²) in [7, 11) is 1.35. The maximum atomic E-state index is 13.7. The van der Waals surface area contributed by atoms with Crippen LogP contribution in [0.1, 0.15) is 11.1 Å². The van der Waals surface area contributed by atoms with Gasteiger partial charge >= 0.3 is 0 Å². The van der Waals surface area contributed by atoms with E-state index in [2.05, 4.69) is 4.99 Å². The molecule has 0 atom stereocenters. The van der Waals surface area contributed by atoms with Crippen LogP contribution in [0.25, 0.3) is 0 Å². The Morgan fingerprint density at radius 1 is 1.25 bits per heavy atom. The van der Waals surface area contributed by atoms with Crippen LogP contribution in [0.3, 0.4) is 0 Å². The van der Waals surface area contributed by atoms with Gasteiger partial charge in [0.15, 0.2) is 0 Å². The number of halogens is 3. The molecule has 0 bridgehead atoms. The van der Waals surface area contributed by atoms with Gasteiger partial charge in [-0.3, -0.25) is 4.99 Å². The summed E-state index contributed by atoms with van der Waals surface area (Å²) in [5.41, 5.74) is 0.938. The molecule has 104 valence electrons. The predicted molar refractivity (Wildman–Crippen MR) is 75.7 cm³/mol. The van der Waals surface area contributed by atoms with Gasteiger partial charge in [0.25, 0.3) is 0 Å². The number of nitrogens with zero attached hydrogens (tertiary/aromatic N) is 1. The average Bonchev–Trinajstić information content (AvgIpc) is 2.42. The minimum Gasteiger partial charge on any atom is -0.496 e. The van der Waals surface area contributed by atoms with Gasteiger partial charge in [-0.25, -0.2) is 8.78 Å². The summed E-state index contributed by atoms with van der Waals surface area (Å²) in [5, 5.41) is 0.594. The van der Waals surface area contributed by atoms with E-state index in [1.54, 1.807) is 6.07 Å². The summed E-state index contributed by atoms with van der Waals surface area (Å²) in [6.45, 7) is 0.305. The standard InChI is InChI=1S/C15H12ClF2NO/c1-20-15-7-11(17)6-14(18)12(15)9-19-8-10-4-2-3-5-13(10)16/h2-7,9H,8H2,1H3. The fraction of sp³-hybridized carbons (Fsp3) is 0.133. The molecule has 20 heavy (non-hydrogen) atoms. The Morgan fingerprint density at radius 3 is 2.70 bits per heavy atom. The van der Waals surface area contributed by atoms with E-state index < -0.39 is 11.6 Å². The molecule has 0 saturated heterocycles. The first-order valence-electron chi connectivity index (χ1n) is 5.88. The summed E-state index contributed by atoms with van der Waals surface area (Å²) in [6.07, 6.45) is 1.32. The van der Waals surface area contributed by atoms with E-state index in [4.69, 9.17) is 16.3 Å². The molecule has 2 aromatic rings. The lowest BCUT2D eigenvalue weighted by atomic mass is 10.2. The fourth-order valence-corrected chi connectivity index (χ4v) is 1.91. The van der Waals surface area contributed by atoms with Gasteiger partial charge in [0, 0.05) is 23.4 Å². The predicted octanol–water partition coefficient (Wildman–Crippen LogP) is 4.25. The third kappa shape index (κ3) is 3.33. The summed E-state index contributed by atoms with van der Waals surface area (Å²) in [5.74, 6) is -1.31. The van der Waals surface area contributed by atoms with Crippen LogP contribution in [0.4, 0.5) is 8.78 Å². The molecule has 0 heterocycles. The molecule has 0 aliphatic carbocycles. The number of rotatable bonds is 4. The van der Waals surface area contributed by atoms with Crippen molar-refractivity contribution in [3.63, 3.8) is 0 Å². The molecule has 0 aliphatic rings. The topological polar surface area (TPSA) is 21.6 Å². The first kappa shape index (κ1) is 14.5. The second-order valence-electron chi connectivity index (χ2n) is 4.06. The van der Waals surface area contributed by atoms with E-state index in [1.807, 2.05) is 18.2 Å². The zero-order valence-electron chi connectivity index (χ0n) is 10.7. The van der Waals surface area contributed by atoms with E-state index in [-0.39, 0.29) is 11.3 Å². The van der Waals surface area contributed by atoms with Gasteiger partial charge in [-0.1, -0.05) is 29.8 Å². The third-order valence-electron chi connectivity index (χ3n) is 2.72. The molecule has 0 aliphatic heterocycles. The van der Waals surface area contributed by atoms with Crippen molar-refractivity contribution < 1.29 is 13.5 Å². The highest BCUT2D eigenvalue weighted by atomic mass is 35.5. The minimum atomic E-state index is -0.718. The van der Waals surface area contributed by atoms with Gasteiger partial charge in [0.05, 0.1) is 19.2 Å². The molecule has 5 heteroatoms. The van der Waals surface area contributed by atoms with Crippen LogP contribution in [0, 0.1) is 11.6 Å². The van der Waals surface area contributed by atoms with Crippen molar-refractivity contribution in [2.45, 2.75) is 6.54 Å². The van der Waals surface area contributed by atoms with Crippen molar-refractivity contribution in [3.05, 3.63) is 64.2 Å². The lowest BCUT2D eigenvalue weighted by molar-refractivity contribution is 0.406. The van der Waals surface area contributed by atoms with E-state index >= 15 is 0 Å². The minimum absolute atomic E-state index is 0.102. The first-order valence-corrected chi connectivity index (χ1v) is 6.26. The van der Waals surface area contributed by atoms with Crippen LogP contribution >= 0.6 is 11.6 Å². The number of aliphatic imine (C=N–C) groups is 1. The van der Waals surface area contributed by atoms with E-state index in [9.17, 15) is 8.78 Å². The maximum absolute atomic E-state index is 13.7. The Morgan fingerprint density at radius 2 is 2.00 bits per heavy atom. The number of ether oxygens (including phenoxy) is 1. The molecule has 2 nitrogen and oxygen atoms in total. The van der Waals surface area contributed by atoms with Crippen LogP contribution in [-0.4, -0.2) is 13.3 Å². The number of methoxy groups -OCH3 is 1. The number of hydrogen-bond acceptors (Lipinski definition) is 2. The molecule has 0 unspecified atom stereocenters. The van der Waals surface area contributed by atoms with E-state index in [0.717, 1.165) is 17.7 Å². The molecule has 0 saturated carbocycles. The monoisotopic (exact) mass is 295 g/mol. The van der Waals surface area contributed by atoms with Crippen LogP contribution in [0.15, 0.2) is 41.4 Å². The molecular weight excluding hydrogens is 284 g/mol. The summed E-state index contributed by atoms with van der Waals surface area (Å²) < 4.78 is 31.7. The lowest BCUT2D eigenvalue weighted by Gasteiger charge is -2.06. The summed E-state index contributed by atoms with van der Waals surface area (Å²) in [4.78, 5) is 4.12. The molecule has 2 aromatic carbocycles. The van der Waals surface area contributed by atoms with E-state index in [1.165, 1.54) is 13.3 Å². The zero-order valence-corrected chi connectivity index (χ0v) is 11.5. The smallest absolute Gasteiger partial charge is 0.138 e. The van der Waals surface area contributed by atoms with Gasteiger partial charge < -0.3 is 4.74 Å². The second kappa shape index (κ2) is 6.48. The fourth-order valence-electron chi connectivity index (χ4n) is 1.72.